The molecule has 0 saturated heterocycles. The first kappa shape index (κ1) is 11.1. The molecular weight excluding hydrogens is 264 g/mol. The minimum absolute atomic E-state index is 0.0892. The summed E-state index contributed by atoms with van der Waals surface area (Å²) in [6, 6.07) is 15.6. The van der Waals surface area contributed by atoms with Gasteiger partial charge in [-0.2, -0.15) is 0 Å². The van der Waals surface area contributed by atoms with Gasteiger partial charge in [-0.1, -0.05) is 58.4 Å². The maximum atomic E-state index is 11.5. The number of carbonyl (C=O) groups excluding carboxylic acids is 1. The van der Waals surface area contributed by atoms with E-state index >= 15 is 0 Å². The van der Waals surface area contributed by atoms with E-state index in [0.29, 0.717) is 0 Å². The Morgan fingerprint density at radius 3 is 2.12 bits per heavy atom. The summed E-state index contributed by atoms with van der Waals surface area (Å²) in [6.45, 7) is 1.59. The van der Waals surface area contributed by atoms with Crippen molar-refractivity contribution in [1.29, 1.82) is 0 Å². The minimum Gasteiger partial charge on any atom is -0.294 e. The van der Waals surface area contributed by atoms with Gasteiger partial charge < -0.3 is 0 Å². The molecule has 2 rings (SSSR count). The average Bonchev–Trinajstić information content (AvgIpc) is 2.29. The largest absolute Gasteiger partial charge is 0.294 e. The number of Topliss-reactive ketones (excluding diaryl/α,β-unsaturated/α-hetero) is 1. The van der Waals surface area contributed by atoms with E-state index in [-0.39, 0.29) is 5.78 Å². The quantitative estimate of drug-likeness (QED) is 0.746. The van der Waals surface area contributed by atoms with Crippen LogP contribution in [0.1, 0.15) is 17.3 Å². The smallest absolute Gasteiger partial charge is 0.160 e. The number of hydrogen-bond acceptors (Lipinski definition) is 1. The third-order valence-electron chi connectivity index (χ3n) is 2.47. The highest BCUT2D eigenvalue weighted by Gasteiger charge is 2.09. The molecule has 0 N–H and O–H groups in total. The molecule has 2 heteroatoms. The van der Waals surface area contributed by atoms with Crippen LogP contribution in [0.15, 0.2) is 53.0 Å². The van der Waals surface area contributed by atoms with Crippen LogP contribution in [-0.2, 0) is 0 Å². The number of hydrogen-bond donors (Lipinski definition) is 0. The molecule has 2 aromatic carbocycles. The molecule has 0 aliphatic heterocycles. The lowest BCUT2D eigenvalue weighted by Crippen LogP contribution is -1.95. The molecule has 0 atom stereocenters. The number of halogens is 1. The third-order valence-corrected chi connectivity index (χ3v) is 3.16. The van der Waals surface area contributed by atoms with Crippen LogP contribution in [0, 0.1) is 0 Å². The second kappa shape index (κ2) is 4.62. The van der Waals surface area contributed by atoms with Gasteiger partial charge in [0.25, 0.3) is 0 Å². The first-order valence-electron chi connectivity index (χ1n) is 5.05. The Bertz CT molecular complexity index is 532. The van der Waals surface area contributed by atoms with Crippen LogP contribution in [0.25, 0.3) is 11.1 Å². The van der Waals surface area contributed by atoms with E-state index in [1.54, 1.807) is 6.92 Å². The summed E-state index contributed by atoms with van der Waals surface area (Å²) in [6.07, 6.45) is 0. The van der Waals surface area contributed by atoms with Gasteiger partial charge in [0, 0.05) is 10.0 Å². The Kier molecular flexibility index (Phi) is 3.20. The summed E-state index contributed by atoms with van der Waals surface area (Å²) >= 11 is 3.50. The maximum Gasteiger partial charge on any atom is 0.160 e. The standard InChI is InChI=1S/C14H11BrO/c1-10(16)11-6-2-3-7-12(11)13-8-4-5-9-14(13)15/h2-9H,1H3. The minimum atomic E-state index is 0.0892. The molecule has 0 aliphatic carbocycles. The van der Waals surface area contributed by atoms with Gasteiger partial charge in [-0.15, -0.1) is 0 Å². The highest BCUT2D eigenvalue weighted by Crippen LogP contribution is 2.30. The summed E-state index contributed by atoms with van der Waals surface area (Å²) in [7, 11) is 0. The van der Waals surface area contributed by atoms with Gasteiger partial charge in [0.2, 0.25) is 0 Å². The second-order valence-electron chi connectivity index (χ2n) is 3.58. The summed E-state index contributed by atoms with van der Waals surface area (Å²) in [4.78, 5) is 11.5. The van der Waals surface area contributed by atoms with Gasteiger partial charge >= 0.3 is 0 Å². The van der Waals surface area contributed by atoms with E-state index in [4.69, 9.17) is 0 Å². The zero-order valence-electron chi connectivity index (χ0n) is 8.91. The van der Waals surface area contributed by atoms with Crippen molar-refractivity contribution >= 4 is 21.7 Å². The number of rotatable bonds is 2. The lowest BCUT2D eigenvalue weighted by atomic mass is 9.98. The summed E-state index contributed by atoms with van der Waals surface area (Å²) in [5, 5.41) is 0. The molecule has 0 heterocycles. The predicted octanol–water partition coefficient (Wildman–Crippen LogP) is 4.32. The third kappa shape index (κ3) is 2.07. The summed E-state index contributed by atoms with van der Waals surface area (Å²) in [5.74, 6) is 0.0892. The maximum absolute atomic E-state index is 11.5. The molecule has 0 spiro atoms. The number of ketones is 1. The van der Waals surface area contributed by atoms with E-state index in [2.05, 4.69) is 15.9 Å². The fourth-order valence-corrected chi connectivity index (χ4v) is 2.20. The molecule has 0 bridgehead atoms. The fraction of sp³-hybridized carbons (Fsp3) is 0.0714. The van der Waals surface area contributed by atoms with Crippen LogP contribution < -0.4 is 0 Å². The first-order valence-corrected chi connectivity index (χ1v) is 5.84. The summed E-state index contributed by atoms with van der Waals surface area (Å²) in [5.41, 5.74) is 2.78. The van der Waals surface area contributed by atoms with Gasteiger partial charge in [-0.25, -0.2) is 0 Å². The first-order chi connectivity index (χ1) is 7.70. The van der Waals surface area contributed by atoms with Crippen molar-refractivity contribution in [2.45, 2.75) is 6.92 Å². The van der Waals surface area contributed by atoms with Gasteiger partial charge in [-0.3, -0.25) is 4.79 Å². The Morgan fingerprint density at radius 2 is 1.50 bits per heavy atom. The molecule has 0 radical (unpaired) electrons. The molecular formula is C14H11BrO. The topological polar surface area (TPSA) is 17.1 Å². The molecule has 80 valence electrons. The van der Waals surface area contributed by atoms with Crippen LogP contribution in [0.3, 0.4) is 0 Å². The Balaban J connectivity index is 2.65. The van der Waals surface area contributed by atoms with E-state index in [1.807, 2.05) is 48.5 Å². The van der Waals surface area contributed by atoms with Gasteiger partial charge in [0.15, 0.2) is 5.78 Å². The van der Waals surface area contributed by atoms with Crippen molar-refractivity contribution in [2.75, 3.05) is 0 Å². The Labute approximate surface area is 103 Å². The van der Waals surface area contributed by atoms with Crippen molar-refractivity contribution in [3.05, 3.63) is 58.6 Å². The fourth-order valence-electron chi connectivity index (χ4n) is 1.70. The van der Waals surface area contributed by atoms with Crippen molar-refractivity contribution in [3.63, 3.8) is 0 Å². The van der Waals surface area contributed by atoms with Crippen molar-refractivity contribution < 1.29 is 4.79 Å². The van der Waals surface area contributed by atoms with E-state index in [1.165, 1.54) is 0 Å². The molecule has 0 fully saturated rings. The zero-order chi connectivity index (χ0) is 11.5. The van der Waals surface area contributed by atoms with Gasteiger partial charge in [0.1, 0.15) is 0 Å². The Hall–Kier alpha value is -1.41. The van der Waals surface area contributed by atoms with Crippen molar-refractivity contribution in [2.24, 2.45) is 0 Å². The highest BCUT2D eigenvalue weighted by molar-refractivity contribution is 9.10. The SMILES string of the molecule is CC(=O)c1ccccc1-c1ccccc1Br. The zero-order valence-corrected chi connectivity index (χ0v) is 10.5. The second-order valence-corrected chi connectivity index (χ2v) is 4.44. The lowest BCUT2D eigenvalue weighted by Gasteiger charge is -2.08. The van der Waals surface area contributed by atoms with Crippen LogP contribution in [-0.4, -0.2) is 5.78 Å². The van der Waals surface area contributed by atoms with Crippen LogP contribution >= 0.6 is 15.9 Å². The van der Waals surface area contributed by atoms with Gasteiger partial charge in [0.05, 0.1) is 0 Å². The van der Waals surface area contributed by atoms with E-state index in [0.717, 1.165) is 21.2 Å². The molecule has 0 unspecified atom stereocenters. The number of carbonyl (C=O) groups is 1. The highest BCUT2D eigenvalue weighted by atomic mass is 79.9. The number of benzene rings is 2. The van der Waals surface area contributed by atoms with Gasteiger partial charge in [-0.05, 0) is 24.1 Å². The molecule has 2 aromatic rings. The normalized spacial score (nSPS) is 10.1. The van der Waals surface area contributed by atoms with Crippen molar-refractivity contribution in [1.82, 2.24) is 0 Å². The molecule has 0 aliphatic rings. The Morgan fingerprint density at radius 1 is 0.938 bits per heavy atom. The molecule has 0 amide bonds. The van der Waals surface area contributed by atoms with E-state index < -0.39 is 0 Å². The van der Waals surface area contributed by atoms with Crippen LogP contribution in [0.5, 0.6) is 0 Å². The summed E-state index contributed by atoms with van der Waals surface area (Å²) < 4.78 is 1.00. The van der Waals surface area contributed by atoms with Crippen molar-refractivity contribution in [3.8, 4) is 11.1 Å². The molecule has 1 nitrogen and oxygen atoms in total. The monoisotopic (exact) mass is 274 g/mol. The van der Waals surface area contributed by atoms with Crippen LogP contribution in [0.2, 0.25) is 0 Å². The van der Waals surface area contributed by atoms with Crippen LogP contribution in [0.4, 0.5) is 0 Å². The lowest BCUT2D eigenvalue weighted by molar-refractivity contribution is 0.101. The molecule has 0 aromatic heterocycles. The van der Waals surface area contributed by atoms with E-state index in [9.17, 15) is 4.79 Å². The molecule has 16 heavy (non-hydrogen) atoms. The average molecular weight is 275 g/mol. The predicted molar refractivity (Wildman–Crippen MR) is 69.6 cm³/mol. The molecule has 0 saturated carbocycles.